The van der Waals surface area contributed by atoms with Crippen molar-refractivity contribution >= 4 is 63.7 Å². The van der Waals surface area contributed by atoms with Crippen molar-refractivity contribution in [2.24, 2.45) is 0 Å². The lowest BCUT2D eigenvalue weighted by Gasteiger charge is -2.27. The minimum atomic E-state index is -1.82. The van der Waals surface area contributed by atoms with Crippen LogP contribution in [0.25, 0.3) is 0 Å². The third-order valence-corrected chi connectivity index (χ3v) is 6.87. The largest absolute Gasteiger partial charge is 0.339 e. The molecule has 1 amide bonds. The number of amides is 1. The van der Waals surface area contributed by atoms with E-state index in [2.05, 4.69) is 22.9 Å². The molecule has 36 heavy (non-hydrogen) atoms. The van der Waals surface area contributed by atoms with E-state index < -0.39 is 15.8 Å². The van der Waals surface area contributed by atoms with E-state index in [1.54, 1.807) is 12.1 Å². The molecular weight excluding hydrogens is 540 g/mol. The number of anilines is 1. The van der Waals surface area contributed by atoms with Crippen LogP contribution in [0.1, 0.15) is 110 Å². The summed E-state index contributed by atoms with van der Waals surface area (Å²) in [6.07, 6.45) is 18.3. The Kier molecular flexibility index (Phi) is 18.6. The first-order valence-electron chi connectivity index (χ1n) is 13.4. The molecule has 0 spiro atoms. The molecule has 1 atom stereocenters. The zero-order valence-electron chi connectivity index (χ0n) is 21.5. The zero-order valence-corrected chi connectivity index (χ0v) is 24.6. The maximum absolute atomic E-state index is 13.3. The maximum Gasteiger partial charge on any atom is 0.228 e. The van der Waals surface area contributed by atoms with Gasteiger partial charge in [0.1, 0.15) is 12.0 Å². The minimum absolute atomic E-state index is 0.101. The Balaban J connectivity index is 2.12. The van der Waals surface area contributed by atoms with E-state index in [4.69, 9.17) is 47.0 Å². The molecule has 3 N–H and O–H groups in total. The number of carbonyl (C=O) groups is 1. The fraction of sp³-hybridized carbons (Fsp3) is 0.704. The van der Waals surface area contributed by atoms with Gasteiger partial charge in [0, 0.05) is 12.1 Å². The molecule has 0 fully saturated rings. The molecule has 0 bridgehead atoms. The summed E-state index contributed by atoms with van der Waals surface area (Å²) in [7, 11) is 0. The van der Waals surface area contributed by atoms with Crippen molar-refractivity contribution in [1.82, 2.24) is 10.6 Å². The topological polar surface area (TPSA) is 53.2 Å². The average molecular weight is 583 g/mol. The number of hydrogen-bond acceptors (Lipinski definition) is 2. The van der Waals surface area contributed by atoms with Gasteiger partial charge in [0.05, 0.1) is 0 Å². The molecule has 1 aromatic carbocycles. The Morgan fingerprint density at radius 1 is 0.861 bits per heavy atom. The van der Waals surface area contributed by atoms with Gasteiger partial charge in [-0.3, -0.25) is 4.79 Å². The molecule has 0 heterocycles. The summed E-state index contributed by atoms with van der Waals surface area (Å²) in [6.45, 7) is 2.26. The highest BCUT2D eigenvalue weighted by Crippen LogP contribution is 2.29. The van der Waals surface area contributed by atoms with Gasteiger partial charge in [-0.05, 0) is 36.8 Å². The summed E-state index contributed by atoms with van der Waals surface area (Å²) in [6, 6.07) is 5.81. The third kappa shape index (κ3) is 17.6. The second-order valence-corrected chi connectivity index (χ2v) is 12.1. The molecule has 0 aliphatic heterocycles. The van der Waals surface area contributed by atoms with Crippen LogP contribution in [0.15, 0.2) is 24.3 Å². The number of carbonyl (C=O) groups excluding carboxylic acids is 1. The first-order valence-corrected chi connectivity index (χ1v) is 15.0. The van der Waals surface area contributed by atoms with E-state index in [0.717, 1.165) is 19.3 Å². The van der Waals surface area contributed by atoms with Crippen LogP contribution in [0.2, 0.25) is 0 Å². The number of rotatable bonds is 19. The first-order chi connectivity index (χ1) is 17.2. The lowest BCUT2D eigenvalue weighted by atomic mass is 10.0. The monoisotopic (exact) mass is 581 g/mol. The van der Waals surface area contributed by atoms with Crippen LogP contribution in [-0.4, -0.2) is 21.0 Å². The van der Waals surface area contributed by atoms with Crippen LogP contribution in [0.4, 0.5) is 10.1 Å². The summed E-state index contributed by atoms with van der Waals surface area (Å²) >= 11 is 23.3. The smallest absolute Gasteiger partial charge is 0.228 e. The van der Waals surface area contributed by atoms with E-state index in [0.29, 0.717) is 12.1 Å². The molecule has 4 nitrogen and oxygen atoms in total. The van der Waals surface area contributed by atoms with Crippen LogP contribution in [-0.2, 0) is 4.79 Å². The lowest BCUT2D eigenvalue weighted by Crippen LogP contribution is -2.56. The van der Waals surface area contributed by atoms with E-state index >= 15 is 0 Å². The molecule has 0 saturated heterocycles. The van der Waals surface area contributed by atoms with Crippen molar-refractivity contribution in [2.45, 2.75) is 120 Å². The van der Waals surface area contributed by atoms with Crippen molar-refractivity contribution in [1.29, 1.82) is 0 Å². The summed E-state index contributed by atoms with van der Waals surface area (Å²) in [5, 5.41) is 8.38. The standard InChI is InChI=1S/C27H43Cl3FN3OS/c1-2-3-4-5-6-7-8-9-10-11-12-13-14-15-16-20-24(35)33-25(27(28,29)30)34-26(36)32-23-19-17-18-22(31)21-23/h17-19,21,25H,2-16,20H2,1H3,(H,33,35)(H2,32,34,36)/t25-/m1/s1. The van der Waals surface area contributed by atoms with Gasteiger partial charge in [-0.25, -0.2) is 4.39 Å². The molecule has 0 aliphatic carbocycles. The Labute approximate surface area is 237 Å². The number of halogens is 4. The molecule has 0 aliphatic rings. The number of alkyl halides is 3. The molecule has 0 unspecified atom stereocenters. The second kappa shape index (κ2) is 20.2. The SMILES string of the molecule is CCCCCCCCCCCCCCCCCC(=O)N[C@H](NC(=S)Nc1cccc(F)c1)C(Cl)(Cl)Cl. The number of nitrogens with one attached hydrogen (secondary N) is 3. The number of benzene rings is 1. The zero-order chi connectivity index (χ0) is 26.7. The molecule has 0 saturated carbocycles. The maximum atomic E-state index is 13.3. The van der Waals surface area contributed by atoms with Crippen LogP contribution in [0, 0.1) is 5.82 Å². The quantitative estimate of drug-likeness (QED) is 0.0659. The van der Waals surface area contributed by atoms with Gasteiger partial charge >= 0.3 is 0 Å². The van der Waals surface area contributed by atoms with Gasteiger partial charge in [-0.15, -0.1) is 0 Å². The minimum Gasteiger partial charge on any atom is -0.339 e. The Morgan fingerprint density at radius 3 is 1.83 bits per heavy atom. The number of unbranched alkanes of at least 4 members (excludes halogenated alkanes) is 14. The fourth-order valence-corrected chi connectivity index (χ4v) is 4.52. The molecule has 1 aromatic rings. The van der Waals surface area contributed by atoms with Gasteiger partial charge in [0.2, 0.25) is 9.70 Å². The average Bonchev–Trinajstić information content (AvgIpc) is 2.80. The van der Waals surface area contributed by atoms with E-state index in [1.165, 1.54) is 89.2 Å². The Morgan fingerprint density at radius 2 is 1.36 bits per heavy atom. The first kappa shape index (κ1) is 33.2. The van der Waals surface area contributed by atoms with Crippen molar-refractivity contribution < 1.29 is 9.18 Å². The molecule has 9 heteroatoms. The normalized spacial score (nSPS) is 12.2. The molecule has 1 rings (SSSR count). The van der Waals surface area contributed by atoms with Crippen LogP contribution in [0.3, 0.4) is 0 Å². The Hall–Kier alpha value is -0.820. The van der Waals surface area contributed by atoms with Gasteiger partial charge in [0.25, 0.3) is 0 Å². The highest BCUT2D eigenvalue weighted by molar-refractivity contribution is 7.80. The van der Waals surface area contributed by atoms with E-state index in [9.17, 15) is 9.18 Å². The van der Waals surface area contributed by atoms with E-state index in [1.807, 2.05) is 0 Å². The highest BCUT2D eigenvalue weighted by Gasteiger charge is 2.34. The Bertz CT molecular complexity index is 749. The summed E-state index contributed by atoms with van der Waals surface area (Å²) in [5.41, 5.74) is 0.444. The predicted molar refractivity (Wildman–Crippen MR) is 158 cm³/mol. The van der Waals surface area contributed by atoms with Crippen molar-refractivity contribution in [3.63, 3.8) is 0 Å². The summed E-state index contributed by atoms with van der Waals surface area (Å²) in [5.74, 6) is -0.625. The molecule has 0 radical (unpaired) electrons. The highest BCUT2D eigenvalue weighted by atomic mass is 35.6. The van der Waals surface area contributed by atoms with Crippen LogP contribution < -0.4 is 16.0 Å². The van der Waals surface area contributed by atoms with Gasteiger partial charge in [-0.1, -0.05) is 138 Å². The van der Waals surface area contributed by atoms with Crippen LogP contribution in [0.5, 0.6) is 0 Å². The fourth-order valence-electron chi connectivity index (χ4n) is 3.95. The summed E-state index contributed by atoms with van der Waals surface area (Å²) < 4.78 is 11.5. The van der Waals surface area contributed by atoms with Crippen molar-refractivity contribution in [2.75, 3.05) is 5.32 Å². The number of hydrogen-bond donors (Lipinski definition) is 3. The van der Waals surface area contributed by atoms with Crippen molar-refractivity contribution in [3.05, 3.63) is 30.1 Å². The molecular formula is C27H43Cl3FN3OS. The van der Waals surface area contributed by atoms with Gasteiger partial charge in [-0.2, -0.15) is 0 Å². The van der Waals surface area contributed by atoms with E-state index in [-0.39, 0.29) is 11.0 Å². The van der Waals surface area contributed by atoms with Crippen LogP contribution >= 0.6 is 47.0 Å². The molecule has 206 valence electrons. The van der Waals surface area contributed by atoms with Crippen molar-refractivity contribution in [3.8, 4) is 0 Å². The third-order valence-electron chi connectivity index (χ3n) is 6.00. The molecule has 0 aromatic heterocycles. The summed E-state index contributed by atoms with van der Waals surface area (Å²) in [4.78, 5) is 12.4. The number of thiocarbonyl (C=S) groups is 1. The second-order valence-electron chi connectivity index (χ2n) is 9.35. The van der Waals surface area contributed by atoms with Gasteiger partial charge in [0.15, 0.2) is 5.11 Å². The predicted octanol–water partition coefficient (Wildman–Crippen LogP) is 9.19. The van der Waals surface area contributed by atoms with Gasteiger partial charge < -0.3 is 16.0 Å². The lowest BCUT2D eigenvalue weighted by molar-refractivity contribution is -0.122.